The highest BCUT2D eigenvalue weighted by Crippen LogP contribution is 2.39. The number of piperazine rings is 1. The average molecular weight is 435 g/mol. The van der Waals surface area contributed by atoms with Gasteiger partial charge in [0, 0.05) is 37.2 Å². The number of carbonyl (C=O) groups excluding carboxylic acids is 1. The summed E-state index contributed by atoms with van der Waals surface area (Å²) < 4.78 is 11.1. The molecule has 0 N–H and O–H groups in total. The van der Waals surface area contributed by atoms with Crippen molar-refractivity contribution in [3.63, 3.8) is 0 Å². The van der Waals surface area contributed by atoms with E-state index in [0.29, 0.717) is 50.1 Å². The molecule has 1 amide bonds. The molecular formula is C25H30N4O3. The first-order valence-electron chi connectivity index (χ1n) is 11.8. The number of rotatable bonds is 3. The van der Waals surface area contributed by atoms with Gasteiger partial charge in [-0.15, -0.1) is 0 Å². The summed E-state index contributed by atoms with van der Waals surface area (Å²) in [7, 11) is 0. The Morgan fingerprint density at radius 2 is 2.06 bits per heavy atom. The van der Waals surface area contributed by atoms with Gasteiger partial charge in [-0.25, -0.2) is 4.98 Å². The van der Waals surface area contributed by atoms with E-state index < -0.39 is 0 Å². The van der Waals surface area contributed by atoms with Crippen LogP contribution >= 0.6 is 0 Å². The Kier molecular flexibility index (Phi) is 5.88. The van der Waals surface area contributed by atoms with Crippen molar-refractivity contribution in [3.8, 4) is 6.07 Å². The van der Waals surface area contributed by atoms with E-state index >= 15 is 0 Å². The van der Waals surface area contributed by atoms with E-state index in [9.17, 15) is 10.1 Å². The van der Waals surface area contributed by atoms with Crippen molar-refractivity contribution >= 4 is 11.7 Å². The molecule has 0 aromatic carbocycles. The molecule has 168 valence electrons. The minimum Gasteiger partial charge on any atom is -0.459 e. The van der Waals surface area contributed by atoms with Crippen molar-refractivity contribution in [1.29, 1.82) is 5.26 Å². The summed E-state index contributed by atoms with van der Waals surface area (Å²) >= 11 is 0. The molecule has 1 saturated heterocycles. The predicted octanol–water partition coefficient (Wildman–Crippen LogP) is 4.02. The Bertz CT molecular complexity index is 1020. The summed E-state index contributed by atoms with van der Waals surface area (Å²) in [5, 5.41) is 10.1. The number of carbonyl (C=O) groups is 1. The van der Waals surface area contributed by atoms with E-state index in [1.807, 2.05) is 4.90 Å². The average Bonchev–Trinajstić information content (AvgIpc) is 3.38. The molecule has 2 aromatic rings. The van der Waals surface area contributed by atoms with Crippen LogP contribution in [0.15, 0.2) is 22.8 Å². The van der Waals surface area contributed by atoms with Crippen LogP contribution in [0.2, 0.25) is 0 Å². The fraction of sp³-hybridized carbons (Fsp3) is 0.560. The number of fused-ring (bicyclic) bond motifs is 1. The van der Waals surface area contributed by atoms with Crippen molar-refractivity contribution in [2.45, 2.75) is 64.0 Å². The van der Waals surface area contributed by atoms with Crippen molar-refractivity contribution in [3.05, 3.63) is 46.5 Å². The highest BCUT2D eigenvalue weighted by Gasteiger charge is 2.34. The maximum atomic E-state index is 12.8. The van der Waals surface area contributed by atoms with Crippen molar-refractivity contribution in [2.75, 3.05) is 31.1 Å². The standard InChI is InChI=1S/C25H30N4O3/c1-17-15-28(25(30)22-8-5-12-32-22)10-11-29(17)24-20(14-26)19-9-13-31-16-21(19)23(27-24)18-6-3-2-4-7-18/h5,8,12,17-18H,2-4,6-7,9-11,13,15-16H2,1H3. The van der Waals surface area contributed by atoms with Crippen LogP contribution < -0.4 is 4.90 Å². The third-order valence-electron chi connectivity index (χ3n) is 7.19. The molecule has 7 heteroatoms. The van der Waals surface area contributed by atoms with E-state index in [2.05, 4.69) is 17.9 Å². The molecule has 2 aliphatic heterocycles. The number of nitrogens with zero attached hydrogens (tertiary/aromatic N) is 4. The number of amides is 1. The lowest BCUT2D eigenvalue weighted by Crippen LogP contribution is -2.54. The first-order valence-corrected chi connectivity index (χ1v) is 11.8. The number of hydrogen-bond acceptors (Lipinski definition) is 6. The third-order valence-corrected chi connectivity index (χ3v) is 7.19. The summed E-state index contributed by atoms with van der Waals surface area (Å²) in [5.41, 5.74) is 4.13. The number of ether oxygens (including phenoxy) is 1. The largest absolute Gasteiger partial charge is 0.459 e. The molecule has 1 unspecified atom stereocenters. The van der Waals surface area contributed by atoms with Crippen LogP contribution in [0.4, 0.5) is 5.82 Å². The zero-order valence-corrected chi connectivity index (χ0v) is 18.7. The van der Waals surface area contributed by atoms with Gasteiger partial charge in [-0.2, -0.15) is 5.26 Å². The second-order valence-electron chi connectivity index (χ2n) is 9.17. The zero-order chi connectivity index (χ0) is 22.1. The van der Waals surface area contributed by atoms with Crippen molar-refractivity contribution < 1.29 is 13.9 Å². The Hall–Kier alpha value is -2.85. The third kappa shape index (κ3) is 3.77. The molecule has 0 radical (unpaired) electrons. The monoisotopic (exact) mass is 434 g/mol. The number of hydrogen-bond donors (Lipinski definition) is 0. The van der Waals surface area contributed by atoms with Crippen LogP contribution in [0.5, 0.6) is 0 Å². The number of aromatic nitrogens is 1. The van der Waals surface area contributed by atoms with Crippen LogP contribution in [0.3, 0.4) is 0 Å². The highest BCUT2D eigenvalue weighted by molar-refractivity contribution is 5.91. The Morgan fingerprint density at radius 3 is 2.78 bits per heavy atom. The molecule has 2 aromatic heterocycles. The maximum absolute atomic E-state index is 12.8. The molecule has 4 heterocycles. The van der Waals surface area contributed by atoms with Gasteiger partial charge in [0.1, 0.15) is 11.9 Å². The van der Waals surface area contributed by atoms with Gasteiger partial charge < -0.3 is 19.0 Å². The lowest BCUT2D eigenvalue weighted by atomic mass is 9.82. The molecule has 1 atom stereocenters. The normalized spacial score (nSPS) is 21.8. The van der Waals surface area contributed by atoms with Crippen LogP contribution in [0.1, 0.15) is 77.9 Å². The molecular weight excluding hydrogens is 404 g/mol. The van der Waals surface area contributed by atoms with E-state index in [1.54, 1.807) is 12.1 Å². The second kappa shape index (κ2) is 8.95. The molecule has 2 fully saturated rings. The molecule has 1 aliphatic carbocycles. The summed E-state index contributed by atoms with van der Waals surface area (Å²) in [4.78, 5) is 22.0. The van der Waals surface area contributed by atoms with Gasteiger partial charge in [-0.1, -0.05) is 19.3 Å². The number of nitriles is 1. The summed E-state index contributed by atoms with van der Waals surface area (Å²) in [5.74, 6) is 1.53. The molecule has 3 aliphatic rings. The molecule has 5 rings (SSSR count). The SMILES string of the molecule is CC1CN(C(=O)c2ccco2)CCN1c1nc(C2CCCCC2)c2c(c1C#N)CCOC2. The predicted molar refractivity (Wildman–Crippen MR) is 120 cm³/mol. The fourth-order valence-electron chi connectivity index (χ4n) is 5.52. The first kappa shape index (κ1) is 21.0. The summed E-state index contributed by atoms with van der Waals surface area (Å²) in [6.45, 7) is 5.11. The minimum atomic E-state index is -0.0829. The van der Waals surface area contributed by atoms with Crippen LogP contribution in [-0.2, 0) is 17.8 Å². The molecule has 1 saturated carbocycles. The molecule has 0 spiro atoms. The Morgan fingerprint density at radius 1 is 1.22 bits per heavy atom. The Labute approximate surface area is 189 Å². The van der Waals surface area contributed by atoms with E-state index in [0.717, 1.165) is 41.9 Å². The minimum absolute atomic E-state index is 0.0550. The van der Waals surface area contributed by atoms with Gasteiger partial charge in [0.25, 0.3) is 5.91 Å². The van der Waals surface area contributed by atoms with E-state index in [-0.39, 0.29) is 11.9 Å². The van der Waals surface area contributed by atoms with Gasteiger partial charge in [0.05, 0.1) is 30.7 Å². The molecule has 32 heavy (non-hydrogen) atoms. The van der Waals surface area contributed by atoms with Gasteiger partial charge in [-0.05, 0) is 43.9 Å². The quantitative estimate of drug-likeness (QED) is 0.726. The van der Waals surface area contributed by atoms with Gasteiger partial charge in [0.2, 0.25) is 0 Å². The van der Waals surface area contributed by atoms with Gasteiger partial charge >= 0.3 is 0 Å². The Balaban J connectivity index is 1.47. The van der Waals surface area contributed by atoms with Crippen LogP contribution in [0.25, 0.3) is 0 Å². The number of pyridine rings is 1. The number of furan rings is 1. The summed E-state index contributed by atoms with van der Waals surface area (Å²) in [6.07, 6.45) is 8.37. The van der Waals surface area contributed by atoms with E-state index in [1.165, 1.54) is 25.5 Å². The lowest BCUT2D eigenvalue weighted by molar-refractivity contribution is 0.0693. The number of anilines is 1. The molecule has 0 bridgehead atoms. The fourth-order valence-corrected chi connectivity index (χ4v) is 5.52. The smallest absolute Gasteiger partial charge is 0.289 e. The van der Waals surface area contributed by atoms with Gasteiger partial charge in [-0.3, -0.25) is 4.79 Å². The van der Waals surface area contributed by atoms with Crippen LogP contribution in [0, 0.1) is 11.3 Å². The molecule has 7 nitrogen and oxygen atoms in total. The maximum Gasteiger partial charge on any atom is 0.289 e. The second-order valence-corrected chi connectivity index (χ2v) is 9.17. The first-order chi connectivity index (χ1) is 15.7. The lowest BCUT2D eigenvalue weighted by Gasteiger charge is -2.41. The van der Waals surface area contributed by atoms with Crippen molar-refractivity contribution in [1.82, 2.24) is 9.88 Å². The highest BCUT2D eigenvalue weighted by atomic mass is 16.5. The topological polar surface area (TPSA) is 82.6 Å². The van der Waals surface area contributed by atoms with E-state index in [4.69, 9.17) is 14.1 Å². The zero-order valence-electron chi connectivity index (χ0n) is 18.7. The van der Waals surface area contributed by atoms with Crippen molar-refractivity contribution in [2.24, 2.45) is 0 Å². The van der Waals surface area contributed by atoms with Gasteiger partial charge in [0.15, 0.2) is 5.76 Å². The van der Waals surface area contributed by atoms with Crippen LogP contribution in [-0.4, -0.2) is 48.1 Å². The summed E-state index contributed by atoms with van der Waals surface area (Å²) in [6, 6.07) is 5.97.